The molecular weight excluding hydrogens is 416 g/mol. The van der Waals surface area contributed by atoms with Crippen molar-refractivity contribution in [3.05, 3.63) is 46.7 Å². The van der Waals surface area contributed by atoms with Crippen LogP contribution in [0.1, 0.15) is 37.6 Å². The number of nitrogens with one attached hydrogen (secondary N) is 2. The lowest BCUT2D eigenvalue weighted by Gasteiger charge is -2.20. The predicted molar refractivity (Wildman–Crippen MR) is 104 cm³/mol. The van der Waals surface area contributed by atoms with Gasteiger partial charge in [-0.15, -0.1) is 0 Å². The summed E-state index contributed by atoms with van der Waals surface area (Å²) in [7, 11) is 0. The molecule has 1 aromatic carbocycles. The number of halogens is 1. The minimum atomic E-state index is -0.659. The van der Waals surface area contributed by atoms with Crippen LogP contribution in [-0.4, -0.2) is 33.6 Å². The van der Waals surface area contributed by atoms with Crippen LogP contribution < -0.4 is 10.6 Å². The molecule has 0 spiro atoms. The molecule has 1 heterocycles. The molecule has 9 heteroatoms. The molecule has 0 fully saturated rings. The Labute approximate surface area is 164 Å². The standard InChI is InChI=1S/C18H19BrN4O4/c1-18(2,3)27-17(26)23-13-5-4-12(19)8-14(13)22-16(25)9-15(24)11-6-7-20-21-10-11/h4-8,10H,9H2,1-3H3,(H,22,25)(H,23,26). The first-order valence-electron chi connectivity index (χ1n) is 8.03. The van der Waals surface area contributed by atoms with Crippen molar-refractivity contribution < 1.29 is 19.1 Å². The highest BCUT2D eigenvalue weighted by Gasteiger charge is 2.19. The summed E-state index contributed by atoms with van der Waals surface area (Å²) < 4.78 is 5.90. The fourth-order valence-corrected chi connectivity index (χ4v) is 2.40. The first kappa shape index (κ1) is 20.5. The highest BCUT2D eigenvalue weighted by molar-refractivity contribution is 9.10. The minimum Gasteiger partial charge on any atom is -0.444 e. The second kappa shape index (κ2) is 8.72. The van der Waals surface area contributed by atoms with Gasteiger partial charge in [0.05, 0.1) is 30.2 Å². The van der Waals surface area contributed by atoms with Gasteiger partial charge >= 0.3 is 6.09 Å². The molecular formula is C18H19BrN4O4. The van der Waals surface area contributed by atoms with E-state index in [1.165, 1.54) is 18.5 Å². The quantitative estimate of drug-likeness (QED) is 0.546. The average Bonchev–Trinajstić information content (AvgIpc) is 2.56. The molecule has 142 valence electrons. The molecule has 2 amide bonds. The highest BCUT2D eigenvalue weighted by Crippen LogP contribution is 2.27. The number of ketones is 1. The Kier molecular flexibility index (Phi) is 6.62. The normalized spacial score (nSPS) is 10.8. The third-order valence-electron chi connectivity index (χ3n) is 3.12. The molecule has 0 radical (unpaired) electrons. The maximum Gasteiger partial charge on any atom is 0.412 e. The number of Topliss-reactive ketones (excluding diaryl/α,β-unsaturated/α-hetero) is 1. The molecule has 27 heavy (non-hydrogen) atoms. The summed E-state index contributed by atoms with van der Waals surface area (Å²) in [5, 5.41) is 12.4. The molecule has 0 unspecified atom stereocenters. The summed E-state index contributed by atoms with van der Waals surface area (Å²) in [6.07, 6.45) is 1.65. The van der Waals surface area contributed by atoms with Gasteiger partial charge in [0.2, 0.25) is 5.91 Å². The fraction of sp³-hybridized carbons (Fsp3) is 0.278. The fourth-order valence-electron chi connectivity index (χ4n) is 2.04. The summed E-state index contributed by atoms with van der Waals surface area (Å²) in [4.78, 5) is 36.3. The number of hydrogen-bond donors (Lipinski definition) is 2. The number of hydrogen-bond acceptors (Lipinski definition) is 6. The summed E-state index contributed by atoms with van der Waals surface area (Å²) in [5.74, 6) is -0.916. The number of nitrogens with zero attached hydrogens (tertiary/aromatic N) is 2. The number of rotatable bonds is 5. The van der Waals surface area contributed by atoms with Crippen LogP contribution in [0.2, 0.25) is 0 Å². The molecule has 0 aliphatic rings. The second-order valence-corrected chi connectivity index (χ2v) is 7.51. The topological polar surface area (TPSA) is 110 Å². The monoisotopic (exact) mass is 434 g/mol. The van der Waals surface area contributed by atoms with E-state index >= 15 is 0 Å². The van der Waals surface area contributed by atoms with E-state index in [1.54, 1.807) is 39.0 Å². The third kappa shape index (κ3) is 6.78. The van der Waals surface area contributed by atoms with Crippen molar-refractivity contribution in [1.82, 2.24) is 10.2 Å². The average molecular weight is 435 g/mol. The molecule has 0 aliphatic heterocycles. The summed E-state index contributed by atoms with van der Waals surface area (Å²) >= 11 is 3.31. The van der Waals surface area contributed by atoms with E-state index in [9.17, 15) is 14.4 Å². The molecule has 2 N–H and O–H groups in total. The largest absolute Gasteiger partial charge is 0.444 e. The minimum absolute atomic E-state index is 0.293. The Bertz CT molecular complexity index is 850. The molecule has 2 aromatic rings. The van der Waals surface area contributed by atoms with Crippen molar-refractivity contribution in [1.29, 1.82) is 0 Å². The van der Waals surface area contributed by atoms with Gasteiger partial charge in [-0.3, -0.25) is 14.9 Å². The Morgan fingerprint density at radius 2 is 1.81 bits per heavy atom. The van der Waals surface area contributed by atoms with Gasteiger partial charge in [-0.1, -0.05) is 15.9 Å². The molecule has 2 rings (SSSR count). The number of ether oxygens (including phenoxy) is 1. The SMILES string of the molecule is CC(C)(C)OC(=O)Nc1ccc(Br)cc1NC(=O)CC(=O)c1ccnnc1. The summed E-state index contributed by atoms with van der Waals surface area (Å²) in [6, 6.07) is 6.41. The van der Waals surface area contributed by atoms with E-state index in [2.05, 4.69) is 36.8 Å². The molecule has 1 aromatic heterocycles. The van der Waals surface area contributed by atoms with Crippen molar-refractivity contribution >= 4 is 45.1 Å². The number of carbonyl (C=O) groups is 3. The van der Waals surface area contributed by atoms with Gasteiger partial charge in [0, 0.05) is 10.0 Å². The van der Waals surface area contributed by atoms with Gasteiger partial charge < -0.3 is 10.1 Å². The Balaban J connectivity index is 2.08. The molecule has 0 atom stereocenters. The molecule has 0 bridgehead atoms. The summed E-state index contributed by atoms with van der Waals surface area (Å²) in [6.45, 7) is 5.24. The lowest BCUT2D eigenvalue weighted by atomic mass is 10.1. The van der Waals surface area contributed by atoms with E-state index in [1.807, 2.05) is 0 Å². The van der Waals surface area contributed by atoms with Gasteiger partial charge in [-0.2, -0.15) is 10.2 Å². The van der Waals surface area contributed by atoms with E-state index in [-0.39, 0.29) is 12.2 Å². The number of carbonyl (C=O) groups excluding carboxylic acids is 3. The zero-order valence-corrected chi connectivity index (χ0v) is 16.7. The first-order valence-corrected chi connectivity index (χ1v) is 8.82. The lowest BCUT2D eigenvalue weighted by molar-refractivity contribution is -0.115. The van der Waals surface area contributed by atoms with Crippen molar-refractivity contribution in [3.63, 3.8) is 0 Å². The second-order valence-electron chi connectivity index (χ2n) is 6.60. The Hall–Kier alpha value is -2.81. The van der Waals surface area contributed by atoms with E-state index < -0.39 is 17.6 Å². The van der Waals surface area contributed by atoms with Gasteiger partial charge in [0.25, 0.3) is 0 Å². The van der Waals surface area contributed by atoms with Crippen LogP contribution in [0.4, 0.5) is 16.2 Å². The molecule has 0 saturated heterocycles. The van der Waals surface area contributed by atoms with Crippen LogP contribution in [0, 0.1) is 0 Å². The Morgan fingerprint density at radius 1 is 1.07 bits per heavy atom. The van der Waals surface area contributed by atoms with Crippen molar-refractivity contribution in [2.24, 2.45) is 0 Å². The summed E-state index contributed by atoms with van der Waals surface area (Å²) in [5.41, 5.74) is 0.314. The van der Waals surface area contributed by atoms with Gasteiger partial charge in [0.15, 0.2) is 5.78 Å². The number of anilines is 2. The maximum atomic E-state index is 12.2. The van der Waals surface area contributed by atoms with E-state index in [4.69, 9.17) is 4.74 Å². The number of aromatic nitrogens is 2. The van der Waals surface area contributed by atoms with E-state index in [0.29, 0.717) is 21.4 Å². The van der Waals surface area contributed by atoms with Crippen LogP contribution in [0.3, 0.4) is 0 Å². The zero-order chi connectivity index (χ0) is 20.0. The Morgan fingerprint density at radius 3 is 2.44 bits per heavy atom. The molecule has 0 saturated carbocycles. The van der Waals surface area contributed by atoms with Crippen LogP contribution >= 0.6 is 15.9 Å². The smallest absolute Gasteiger partial charge is 0.412 e. The number of amides is 2. The van der Waals surface area contributed by atoms with Crippen LogP contribution in [0.5, 0.6) is 0 Å². The number of benzene rings is 1. The van der Waals surface area contributed by atoms with Gasteiger partial charge in [0.1, 0.15) is 5.60 Å². The first-order chi connectivity index (χ1) is 12.6. The molecule has 8 nitrogen and oxygen atoms in total. The van der Waals surface area contributed by atoms with Gasteiger partial charge in [-0.25, -0.2) is 4.79 Å². The van der Waals surface area contributed by atoms with Gasteiger partial charge in [-0.05, 0) is 45.0 Å². The van der Waals surface area contributed by atoms with Crippen molar-refractivity contribution in [2.75, 3.05) is 10.6 Å². The van der Waals surface area contributed by atoms with Crippen molar-refractivity contribution in [3.8, 4) is 0 Å². The maximum absolute atomic E-state index is 12.2. The lowest BCUT2D eigenvalue weighted by Crippen LogP contribution is -2.27. The zero-order valence-electron chi connectivity index (χ0n) is 15.1. The van der Waals surface area contributed by atoms with Crippen LogP contribution in [0.25, 0.3) is 0 Å². The third-order valence-corrected chi connectivity index (χ3v) is 3.61. The van der Waals surface area contributed by atoms with Crippen molar-refractivity contribution in [2.45, 2.75) is 32.8 Å². The van der Waals surface area contributed by atoms with Crippen LogP contribution in [0.15, 0.2) is 41.1 Å². The van der Waals surface area contributed by atoms with E-state index in [0.717, 1.165) is 0 Å². The van der Waals surface area contributed by atoms with Crippen LogP contribution in [-0.2, 0) is 9.53 Å². The molecule has 0 aliphatic carbocycles. The predicted octanol–water partition coefficient (Wildman–Crippen LogP) is 3.80. The highest BCUT2D eigenvalue weighted by atomic mass is 79.9.